The highest BCUT2D eigenvalue weighted by atomic mass is 79.9. The zero-order chi connectivity index (χ0) is 19.8. The van der Waals surface area contributed by atoms with Crippen LogP contribution in [0.5, 0.6) is 0 Å². The topological polar surface area (TPSA) is 59.3 Å². The van der Waals surface area contributed by atoms with Crippen LogP contribution >= 0.6 is 15.9 Å². The molecular weight excluding hydrogens is 425 g/mol. The fraction of sp³-hybridized carbons (Fsp3) is 0.278. The maximum atomic E-state index is 13.6. The molecule has 1 unspecified atom stereocenters. The van der Waals surface area contributed by atoms with Crippen LogP contribution in [-0.2, 0) is 6.18 Å². The van der Waals surface area contributed by atoms with Crippen LogP contribution in [0.1, 0.15) is 36.5 Å². The molecule has 27 heavy (non-hydrogen) atoms. The van der Waals surface area contributed by atoms with Crippen LogP contribution in [0.15, 0.2) is 40.9 Å². The second kappa shape index (κ2) is 7.30. The molecule has 5 nitrogen and oxygen atoms in total. The minimum atomic E-state index is -4.65. The molecular formula is C18H16BrF3N4O. The molecule has 0 saturated carbocycles. The lowest BCUT2D eigenvalue weighted by atomic mass is 10.1. The first-order valence-corrected chi connectivity index (χ1v) is 9.03. The Balaban J connectivity index is 2.13. The normalized spacial score (nSPS) is 13.0. The number of nitrogens with one attached hydrogen (secondary N) is 1. The van der Waals surface area contributed by atoms with Gasteiger partial charge in [-0.3, -0.25) is 4.79 Å². The lowest BCUT2D eigenvalue weighted by Gasteiger charge is -2.11. The second-order valence-corrected chi connectivity index (χ2v) is 7.03. The molecule has 1 N–H and O–H groups in total. The molecule has 0 fully saturated rings. The van der Waals surface area contributed by atoms with Gasteiger partial charge < -0.3 is 5.32 Å². The zero-order valence-electron chi connectivity index (χ0n) is 14.5. The number of amides is 1. The van der Waals surface area contributed by atoms with Gasteiger partial charge in [0.25, 0.3) is 5.91 Å². The first kappa shape index (κ1) is 19.3. The van der Waals surface area contributed by atoms with E-state index >= 15 is 0 Å². The van der Waals surface area contributed by atoms with Crippen molar-refractivity contribution in [3.63, 3.8) is 0 Å². The van der Waals surface area contributed by atoms with Crippen LogP contribution in [0.2, 0.25) is 0 Å². The summed E-state index contributed by atoms with van der Waals surface area (Å²) in [5, 5.41) is 6.52. The summed E-state index contributed by atoms with van der Waals surface area (Å²) >= 11 is 3.29. The number of benzene rings is 1. The molecule has 0 aliphatic carbocycles. The van der Waals surface area contributed by atoms with Gasteiger partial charge in [0.05, 0.1) is 5.69 Å². The predicted octanol–water partition coefficient (Wildman–Crippen LogP) is 4.71. The number of hydrogen-bond acceptors (Lipinski definition) is 3. The van der Waals surface area contributed by atoms with Gasteiger partial charge in [-0.25, -0.2) is 9.50 Å². The van der Waals surface area contributed by atoms with Gasteiger partial charge in [0.15, 0.2) is 17.0 Å². The standard InChI is InChI=1S/C18H16BrF3N4O/c1-3-10(2)23-17(27)14-9-16-24-13(11-4-6-12(19)7-5-11)8-15(18(20,21)22)26(16)25-14/h4-10H,3H2,1-2H3,(H,23,27). The van der Waals surface area contributed by atoms with E-state index in [1.807, 2.05) is 6.92 Å². The van der Waals surface area contributed by atoms with Gasteiger partial charge in [-0.1, -0.05) is 35.0 Å². The van der Waals surface area contributed by atoms with E-state index < -0.39 is 17.8 Å². The molecule has 2 heterocycles. The Morgan fingerprint density at radius 2 is 1.93 bits per heavy atom. The van der Waals surface area contributed by atoms with Gasteiger partial charge in [-0.15, -0.1) is 0 Å². The van der Waals surface area contributed by atoms with E-state index in [-0.39, 0.29) is 23.1 Å². The first-order chi connectivity index (χ1) is 12.7. The lowest BCUT2D eigenvalue weighted by molar-refractivity contribution is -0.142. The highest BCUT2D eigenvalue weighted by Gasteiger charge is 2.35. The molecule has 3 aromatic rings. The van der Waals surface area contributed by atoms with Gasteiger partial charge in [-0.05, 0) is 31.5 Å². The Hall–Kier alpha value is -2.42. The molecule has 0 radical (unpaired) electrons. The zero-order valence-corrected chi connectivity index (χ0v) is 16.1. The second-order valence-electron chi connectivity index (χ2n) is 6.11. The molecule has 0 saturated heterocycles. The van der Waals surface area contributed by atoms with E-state index in [9.17, 15) is 18.0 Å². The van der Waals surface area contributed by atoms with Crippen molar-refractivity contribution in [2.75, 3.05) is 0 Å². The summed E-state index contributed by atoms with van der Waals surface area (Å²) in [7, 11) is 0. The van der Waals surface area contributed by atoms with E-state index in [0.29, 0.717) is 16.5 Å². The number of fused-ring (bicyclic) bond motifs is 1. The quantitative estimate of drug-likeness (QED) is 0.639. The van der Waals surface area contributed by atoms with Crippen LogP contribution in [-0.4, -0.2) is 26.5 Å². The number of aromatic nitrogens is 3. The SMILES string of the molecule is CCC(C)NC(=O)c1cc2nc(-c3ccc(Br)cc3)cc(C(F)(F)F)n2n1. The number of halogens is 4. The van der Waals surface area contributed by atoms with Gasteiger partial charge in [0.1, 0.15) is 0 Å². The van der Waals surface area contributed by atoms with E-state index in [0.717, 1.165) is 10.5 Å². The fourth-order valence-electron chi connectivity index (χ4n) is 2.46. The summed E-state index contributed by atoms with van der Waals surface area (Å²) in [4.78, 5) is 16.5. The van der Waals surface area contributed by atoms with E-state index in [4.69, 9.17) is 0 Å². The number of carbonyl (C=O) groups excluding carboxylic acids is 1. The molecule has 9 heteroatoms. The molecule has 0 aliphatic rings. The van der Waals surface area contributed by atoms with Crippen molar-refractivity contribution < 1.29 is 18.0 Å². The van der Waals surface area contributed by atoms with Gasteiger partial charge in [0.2, 0.25) is 0 Å². The third-order valence-electron chi connectivity index (χ3n) is 4.08. The third kappa shape index (κ3) is 4.13. The van der Waals surface area contributed by atoms with Crippen molar-refractivity contribution in [3.8, 4) is 11.3 Å². The van der Waals surface area contributed by atoms with Crippen LogP contribution in [0.4, 0.5) is 13.2 Å². The third-order valence-corrected chi connectivity index (χ3v) is 4.61. The largest absolute Gasteiger partial charge is 0.433 e. The maximum absolute atomic E-state index is 13.6. The number of rotatable bonds is 4. The Kier molecular flexibility index (Phi) is 5.23. The molecule has 0 aliphatic heterocycles. The minimum absolute atomic E-state index is 0.0444. The number of nitrogens with zero attached hydrogens (tertiary/aromatic N) is 3. The van der Waals surface area contributed by atoms with Gasteiger partial charge >= 0.3 is 6.18 Å². The summed E-state index contributed by atoms with van der Waals surface area (Å²) in [5.41, 5.74) is -0.472. The summed E-state index contributed by atoms with van der Waals surface area (Å²) in [6.45, 7) is 3.70. The molecule has 1 aromatic carbocycles. The van der Waals surface area contributed by atoms with Crippen molar-refractivity contribution >= 4 is 27.5 Å². The van der Waals surface area contributed by atoms with E-state index in [2.05, 4.69) is 31.3 Å². The Morgan fingerprint density at radius 1 is 1.26 bits per heavy atom. The Morgan fingerprint density at radius 3 is 2.52 bits per heavy atom. The summed E-state index contributed by atoms with van der Waals surface area (Å²) < 4.78 is 42.1. The summed E-state index contributed by atoms with van der Waals surface area (Å²) in [5.74, 6) is -0.534. The van der Waals surface area contributed by atoms with Crippen LogP contribution in [0, 0.1) is 0 Å². The smallest absolute Gasteiger partial charge is 0.348 e. The lowest BCUT2D eigenvalue weighted by Crippen LogP contribution is -2.32. The molecule has 142 valence electrons. The summed E-state index contributed by atoms with van der Waals surface area (Å²) in [6, 6.07) is 8.84. The van der Waals surface area contributed by atoms with Crippen molar-refractivity contribution in [2.45, 2.75) is 32.5 Å². The number of alkyl halides is 3. The predicted molar refractivity (Wildman–Crippen MR) is 98.3 cm³/mol. The molecule has 2 aromatic heterocycles. The van der Waals surface area contributed by atoms with Crippen molar-refractivity contribution in [2.24, 2.45) is 0 Å². The molecule has 1 atom stereocenters. The average Bonchev–Trinajstić information content (AvgIpc) is 3.04. The number of carbonyl (C=O) groups is 1. The maximum Gasteiger partial charge on any atom is 0.433 e. The number of hydrogen-bond donors (Lipinski definition) is 1. The minimum Gasteiger partial charge on any atom is -0.348 e. The molecule has 1 amide bonds. The first-order valence-electron chi connectivity index (χ1n) is 8.24. The summed E-state index contributed by atoms with van der Waals surface area (Å²) in [6.07, 6.45) is -3.96. The highest BCUT2D eigenvalue weighted by molar-refractivity contribution is 9.10. The highest BCUT2D eigenvalue weighted by Crippen LogP contribution is 2.32. The van der Waals surface area contributed by atoms with Gasteiger partial charge in [0, 0.05) is 22.1 Å². The molecule has 0 spiro atoms. The monoisotopic (exact) mass is 440 g/mol. The van der Waals surface area contributed by atoms with E-state index in [1.165, 1.54) is 6.07 Å². The molecule has 3 rings (SSSR count). The Bertz CT molecular complexity index is 983. The van der Waals surface area contributed by atoms with Gasteiger partial charge in [-0.2, -0.15) is 18.3 Å². The van der Waals surface area contributed by atoms with Crippen LogP contribution in [0.25, 0.3) is 16.9 Å². The Labute approximate surface area is 161 Å². The van der Waals surface area contributed by atoms with Crippen molar-refractivity contribution in [3.05, 3.63) is 52.3 Å². The molecule has 0 bridgehead atoms. The van der Waals surface area contributed by atoms with E-state index in [1.54, 1.807) is 31.2 Å². The average molecular weight is 441 g/mol. The van der Waals surface area contributed by atoms with Crippen LogP contribution in [0.3, 0.4) is 0 Å². The van der Waals surface area contributed by atoms with Crippen molar-refractivity contribution in [1.29, 1.82) is 0 Å². The fourth-order valence-corrected chi connectivity index (χ4v) is 2.72. The van der Waals surface area contributed by atoms with Crippen molar-refractivity contribution in [1.82, 2.24) is 19.9 Å². The van der Waals surface area contributed by atoms with Crippen LogP contribution < -0.4 is 5.32 Å².